The van der Waals surface area contributed by atoms with Gasteiger partial charge in [-0.15, -0.1) is 0 Å². The lowest BCUT2D eigenvalue weighted by Crippen LogP contribution is -2.47. The summed E-state index contributed by atoms with van der Waals surface area (Å²) >= 11 is 0. The smallest absolute Gasteiger partial charge is 0.159 e. The molecule has 0 spiro atoms. The molecule has 1 aliphatic heterocycles. The highest BCUT2D eigenvalue weighted by atomic mass is 16.3. The zero-order valence-electron chi connectivity index (χ0n) is 22.4. The van der Waals surface area contributed by atoms with Gasteiger partial charge in [0.15, 0.2) is 5.65 Å². The molecule has 0 unspecified atom stereocenters. The van der Waals surface area contributed by atoms with E-state index in [1.165, 1.54) is 61.2 Å². The summed E-state index contributed by atoms with van der Waals surface area (Å²) in [4.78, 5) is 7.20. The van der Waals surface area contributed by atoms with Crippen LogP contribution in [0, 0.1) is 30.6 Å². The van der Waals surface area contributed by atoms with E-state index in [1.54, 1.807) is 0 Å². The second-order valence-corrected chi connectivity index (χ2v) is 12.8. The van der Waals surface area contributed by atoms with Crippen molar-refractivity contribution in [2.45, 2.75) is 96.9 Å². The minimum absolute atomic E-state index is 0.348. The highest BCUT2D eigenvalue weighted by molar-refractivity contribution is 5.89. The molecule has 0 radical (unpaired) electrons. The fourth-order valence-electron chi connectivity index (χ4n) is 8.43. The Balaban J connectivity index is 1.10. The summed E-state index contributed by atoms with van der Waals surface area (Å²) in [6.45, 7) is 7.15. The molecule has 5 aliphatic rings. The standard InChI is InChI=1S/C29H40N6O2/c1-18-12-24(21-15-30-33(3)27(21)31-18)34-11-4-23-22(16-34)19(2)32-35(23)17-28-5-8-29(9-6-28,10-7-28)20-13-25(36)26(37)14-20/h12,15,20,25-26,36-37H,4-11,13-14,16-17H2,1-3H3/t25-,26-,28?,29?/m0/s1. The number of hydrogen-bond donors (Lipinski definition) is 2. The first-order chi connectivity index (χ1) is 17.8. The van der Waals surface area contributed by atoms with Crippen molar-refractivity contribution < 1.29 is 10.2 Å². The SMILES string of the molecule is Cc1cc(N2CCc3c(c(C)nn3CC34CCC(C5C[C@H](O)[C@@H](O)C5)(CC3)CC4)C2)c2cnn(C)c2n1. The molecule has 4 fully saturated rings. The van der Waals surface area contributed by atoms with Crippen LogP contribution >= 0.6 is 0 Å². The van der Waals surface area contributed by atoms with Gasteiger partial charge in [0.2, 0.25) is 0 Å². The fraction of sp³-hybridized carbons (Fsp3) is 0.690. The van der Waals surface area contributed by atoms with Crippen LogP contribution in [0.15, 0.2) is 12.3 Å². The summed E-state index contributed by atoms with van der Waals surface area (Å²) in [5, 5.41) is 31.0. The summed E-state index contributed by atoms with van der Waals surface area (Å²) in [6, 6.07) is 2.20. The van der Waals surface area contributed by atoms with Gasteiger partial charge in [0, 0.05) is 50.1 Å². The van der Waals surface area contributed by atoms with Crippen molar-refractivity contribution >= 4 is 16.7 Å². The van der Waals surface area contributed by atoms with E-state index in [0.717, 1.165) is 55.6 Å². The van der Waals surface area contributed by atoms with Gasteiger partial charge in [-0.2, -0.15) is 10.2 Å². The number of rotatable bonds is 4. The Labute approximate surface area is 218 Å². The molecule has 0 amide bonds. The van der Waals surface area contributed by atoms with Gasteiger partial charge in [0.05, 0.1) is 35.2 Å². The van der Waals surface area contributed by atoms with Gasteiger partial charge in [0.25, 0.3) is 0 Å². The number of aryl methyl sites for hydroxylation is 3. The molecule has 2 bridgehead atoms. The molecular formula is C29H40N6O2. The third-order valence-electron chi connectivity index (χ3n) is 10.8. The first-order valence-electron chi connectivity index (χ1n) is 14.2. The van der Waals surface area contributed by atoms with Gasteiger partial charge in [-0.05, 0) is 88.0 Å². The molecule has 0 saturated heterocycles. The van der Waals surface area contributed by atoms with Crippen LogP contribution in [0.4, 0.5) is 5.69 Å². The highest BCUT2D eigenvalue weighted by Gasteiger charge is 2.54. The van der Waals surface area contributed by atoms with E-state index in [1.807, 2.05) is 17.9 Å². The van der Waals surface area contributed by atoms with Crippen molar-refractivity contribution in [2.24, 2.45) is 23.8 Å². The molecule has 4 heterocycles. The molecule has 198 valence electrons. The molecule has 2 atom stereocenters. The third-order valence-corrected chi connectivity index (χ3v) is 10.8. The van der Waals surface area contributed by atoms with E-state index in [4.69, 9.17) is 10.1 Å². The quantitative estimate of drug-likeness (QED) is 0.561. The zero-order valence-corrected chi connectivity index (χ0v) is 22.4. The predicted molar refractivity (Wildman–Crippen MR) is 142 cm³/mol. The van der Waals surface area contributed by atoms with Crippen LogP contribution < -0.4 is 4.90 Å². The predicted octanol–water partition coefficient (Wildman–Crippen LogP) is 3.82. The Bertz CT molecular complexity index is 1320. The van der Waals surface area contributed by atoms with Crippen molar-refractivity contribution in [1.29, 1.82) is 0 Å². The molecular weight excluding hydrogens is 464 g/mol. The van der Waals surface area contributed by atoms with E-state index >= 15 is 0 Å². The maximum atomic E-state index is 10.2. The molecule has 4 aliphatic carbocycles. The number of pyridine rings is 1. The van der Waals surface area contributed by atoms with Crippen molar-refractivity contribution in [3.63, 3.8) is 0 Å². The van der Waals surface area contributed by atoms with Crippen molar-refractivity contribution in [3.8, 4) is 0 Å². The normalized spacial score (nSPS) is 32.0. The number of hydrogen-bond acceptors (Lipinski definition) is 6. The van der Waals surface area contributed by atoms with E-state index in [9.17, 15) is 10.2 Å². The van der Waals surface area contributed by atoms with Gasteiger partial charge in [-0.3, -0.25) is 9.36 Å². The second kappa shape index (κ2) is 8.27. The van der Waals surface area contributed by atoms with Gasteiger partial charge < -0.3 is 15.1 Å². The number of aliphatic hydroxyl groups excluding tert-OH is 2. The van der Waals surface area contributed by atoms with Crippen LogP contribution in [0.5, 0.6) is 0 Å². The molecule has 4 saturated carbocycles. The number of nitrogens with zero attached hydrogens (tertiary/aromatic N) is 6. The largest absolute Gasteiger partial charge is 0.390 e. The Morgan fingerprint density at radius 1 is 1.03 bits per heavy atom. The molecule has 3 aromatic heterocycles. The topological polar surface area (TPSA) is 92.2 Å². The van der Waals surface area contributed by atoms with Gasteiger partial charge in [-0.25, -0.2) is 4.98 Å². The van der Waals surface area contributed by atoms with Crippen LogP contribution in [-0.2, 0) is 26.6 Å². The maximum Gasteiger partial charge on any atom is 0.159 e. The van der Waals surface area contributed by atoms with Crippen molar-refractivity contribution in [2.75, 3.05) is 11.4 Å². The average molecular weight is 505 g/mol. The summed E-state index contributed by atoms with van der Waals surface area (Å²) in [5.41, 5.74) is 7.88. The van der Waals surface area contributed by atoms with E-state index in [-0.39, 0.29) is 0 Å². The average Bonchev–Trinajstić information content (AvgIpc) is 3.55. The number of aromatic nitrogens is 5. The van der Waals surface area contributed by atoms with Crippen LogP contribution in [0.2, 0.25) is 0 Å². The Morgan fingerprint density at radius 3 is 2.43 bits per heavy atom. The summed E-state index contributed by atoms with van der Waals surface area (Å²) in [6.07, 6.45) is 11.0. The molecule has 8 heteroatoms. The fourth-order valence-corrected chi connectivity index (χ4v) is 8.43. The Kier molecular flexibility index (Phi) is 5.29. The van der Waals surface area contributed by atoms with Crippen LogP contribution in [0.25, 0.3) is 11.0 Å². The molecule has 37 heavy (non-hydrogen) atoms. The molecule has 8 rings (SSSR count). The minimum Gasteiger partial charge on any atom is -0.390 e. The zero-order chi connectivity index (χ0) is 25.5. The van der Waals surface area contributed by atoms with Crippen molar-refractivity contribution in [1.82, 2.24) is 24.5 Å². The summed E-state index contributed by atoms with van der Waals surface area (Å²) in [7, 11) is 1.96. The van der Waals surface area contributed by atoms with Crippen LogP contribution in [0.1, 0.15) is 74.0 Å². The first-order valence-corrected chi connectivity index (χ1v) is 14.2. The number of aliphatic hydroxyl groups is 2. The first kappa shape index (κ1) is 23.7. The molecule has 8 nitrogen and oxygen atoms in total. The van der Waals surface area contributed by atoms with Gasteiger partial charge in [-0.1, -0.05) is 0 Å². The second-order valence-electron chi connectivity index (χ2n) is 12.8. The lowest BCUT2D eigenvalue weighted by atomic mass is 9.50. The lowest BCUT2D eigenvalue weighted by molar-refractivity contribution is -0.0589. The molecule has 0 aromatic carbocycles. The molecule has 2 N–H and O–H groups in total. The van der Waals surface area contributed by atoms with Gasteiger partial charge in [0.1, 0.15) is 0 Å². The third kappa shape index (κ3) is 3.66. The van der Waals surface area contributed by atoms with Crippen LogP contribution in [0.3, 0.4) is 0 Å². The number of anilines is 1. The Hall–Kier alpha value is -2.45. The van der Waals surface area contributed by atoms with Crippen LogP contribution in [-0.4, -0.2) is 53.5 Å². The summed E-state index contributed by atoms with van der Waals surface area (Å²) in [5.74, 6) is 0.490. The van der Waals surface area contributed by atoms with Gasteiger partial charge >= 0.3 is 0 Å². The van der Waals surface area contributed by atoms with Crippen molar-refractivity contribution in [3.05, 3.63) is 34.9 Å². The lowest BCUT2D eigenvalue weighted by Gasteiger charge is -2.56. The van der Waals surface area contributed by atoms with E-state index in [0.29, 0.717) is 16.7 Å². The monoisotopic (exact) mass is 504 g/mol. The summed E-state index contributed by atoms with van der Waals surface area (Å²) < 4.78 is 4.24. The minimum atomic E-state index is -0.517. The molecule has 3 aromatic rings. The Morgan fingerprint density at radius 2 is 1.73 bits per heavy atom. The van der Waals surface area contributed by atoms with E-state index in [2.05, 4.69) is 34.6 Å². The van der Waals surface area contributed by atoms with E-state index < -0.39 is 12.2 Å². The maximum absolute atomic E-state index is 10.2. The number of fused-ring (bicyclic) bond motifs is 5. The highest BCUT2D eigenvalue weighted by Crippen LogP contribution is 2.62.